The molecule has 0 saturated carbocycles. The van der Waals surface area contributed by atoms with Crippen molar-refractivity contribution in [3.63, 3.8) is 0 Å². The summed E-state index contributed by atoms with van der Waals surface area (Å²) in [5.74, 6) is 0. The van der Waals surface area contributed by atoms with Gasteiger partial charge in [0.05, 0.1) is 6.04 Å². The van der Waals surface area contributed by atoms with Gasteiger partial charge in [0, 0.05) is 0 Å². The monoisotopic (exact) mass is 253 g/mol. The minimum atomic E-state index is -0.0163. The van der Waals surface area contributed by atoms with Gasteiger partial charge in [-0.15, -0.1) is 5.10 Å². The van der Waals surface area contributed by atoms with E-state index in [-0.39, 0.29) is 6.04 Å². The van der Waals surface area contributed by atoms with Gasteiger partial charge in [0.15, 0.2) is 0 Å². The maximum absolute atomic E-state index is 6.12. The molecule has 0 radical (unpaired) electrons. The summed E-state index contributed by atoms with van der Waals surface area (Å²) in [4.78, 5) is 0. The molecule has 1 heterocycles. The number of aromatic nitrogens is 4. The van der Waals surface area contributed by atoms with Crippen LogP contribution in [0.15, 0.2) is 67.0 Å². The van der Waals surface area contributed by atoms with Crippen LogP contribution in [0.3, 0.4) is 0 Å². The summed E-state index contributed by atoms with van der Waals surface area (Å²) < 4.78 is 0. The first-order valence-corrected chi connectivity index (χ1v) is 5.90. The topological polar surface area (TPSA) is 80.5 Å². The van der Waals surface area contributed by atoms with Crippen LogP contribution >= 0.6 is 0 Å². The standard InChI is InChI=1S/C13H13N.CH2N4/c14-13(11-7-3-1-4-8-11)12-9-5-2-6-10-12;1-2-4-5-3-1/h1-10,13H,14H2;1H,(H,2,3,4,5). The van der Waals surface area contributed by atoms with E-state index in [9.17, 15) is 0 Å². The van der Waals surface area contributed by atoms with Gasteiger partial charge in [-0.3, -0.25) is 0 Å². The maximum atomic E-state index is 6.12. The van der Waals surface area contributed by atoms with Crippen molar-refractivity contribution in [3.8, 4) is 0 Å². The smallest absolute Gasteiger partial charge is 0.135 e. The highest BCUT2D eigenvalue weighted by Gasteiger charge is 2.06. The molecule has 0 aliphatic heterocycles. The number of hydrogen-bond donors (Lipinski definition) is 2. The third kappa shape index (κ3) is 4.01. The van der Waals surface area contributed by atoms with E-state index in [2.05, 4.69) is 44.9 Å². The Kier molecular flexibility index (Phi) is 4.78. The molecule has 0 bridgehead atoms. The first-order valence-electron chi connectivity index (χ1n) is 5.90. The molecule has 3 rings (SSSR count). The summed E-state index contributed by atoms with van der Waals surface area (Å²) in [6, 6.07) is 20.2. The molecule has 0 unspecified atom stereocenters. The fraction of sp³-hybridized carbons (Fsp3) is 0.0714. The maximum Gasteiger partial charge on any atom is 0.135 e. The van der Waals surface area contributed by atoms with Crippen molar-refractivity contribution < 1.29 is 0 Å². The van der Waals surface area contributed by atoms with Gasteiger partial charge in [0.2, 0.25) is 0 Å². The zero-order chi connectivity index (χ0) is 13.3. The van der Waals surface area contributed by atoms with Crippen molar-refractivity contribution in [1.29, 1.82) is 0 Å². The third-order valence-electron chi connectivity index (χ3n) is 2.59. The Labute approximate surface area is 111 Å². The van der Waals surface area contributed by atoms with Crippen LogP contribution in [0.5, 0.6) is 0 Å². The van der Waals surface area contributed by atoms with Gasteiger partial charge in [0.1, 0.15) is 6.33 Å². The van der Waals surface area contributed by atoms with E-state index < -0.39 is 0 Å². The second kappa shape index (κ2) is 7.03. The van der Waals surface area contributed by atoms with Crippen molar-refractivity contribution in [2.24, 2.45) is 5.73 Å². The van der Waals surface area contributed by atoms with Crippen LogP contribution in [0.1, 0.15) is 17.2 Å². The summed E-state index contributed by atoms with van der Waals surface area (Å²) >= 11 is 0. The number of nitrogens with one attached hydrogen (secondary N) is 1. The highest BCUT2D eigenvalue weighted by molar-refractivity contribution is 5.30. The lowest BCUT2D eigenvalue weighted by Crippen LogP contribution is -2.11. The highest BCUT2D eigenvalue weighted by atomic mass is 15.5. The minimum absolute atomic E-state index is 0.0163. The predicted octanol–water partition coefficient (Wildman–Crippen LogP) is 1.93. The van der Waals surface area contributed by atoms with Crippen LogP contribution in [0.2, 0.25) is 0 Å². The van der Waals surface area contributed by atoms with Crippen LogP contribution in [-0.4, -0.2) is 20.6 Å². The van der Waals surface area contributed by atoms with Crippen LogP contribution in [0.25, 0.3) is 0 Å². The number of aromatic amines is 1. The summed E-state index contributed by atoms with van der Waals surface area (Å²) in [5, 5.41) is 12.1. The number of H-pyrrole nitrogens is 1. The molecular weight excluding hydrogens is 238 g/mol. The van der Waals surface area contributed by atoms with Gasteiger partial charge < -0.3 is 5.73 Å². The fourth-order valence-corrected chi connectivity index (χ4v) is 1.64. The van der Waals surface area contributed by atoms with E-state index in [0.717, 1.165) is 11.1 Å². The third-order valence-corrected chi connectivity index (χ3v) is 2.59. The van der Waals surface area contributed by atoms with Crippen LogP contribution in [0, 0.1) is 0 Å². The summed E-state index contributed by atoms with van der Waals surface area (Å²) in [7, 11) is 0. The molecule has 5 nitrogen and oxygen atoms in total. The van der Waals surface area contributed by atoms with Gasteiger partial charge in [-0.25, -0.2) is 5.10 Å². The Balaban J connectivity index is 0.000000224. The van der Waals surface area contributed by atoms with Crippen LogP contribution in [-0.2, 0) is 0 Å². The molecule has 0 amide bonds. The lowest BCUT2D eigenvalue weighted by molar-refractivity contribution is 0.871. The molecule has 19 heavy (non-hydrogen) atoms. The zero-order valence-corrected chi connectivity index (χ0v) is 10.3. The Bertz CT molecular complexity index is 494. The average Bonchev–Trinajstić information content (AvgIpc) is 3.08. The molecule has 3 N–H and O–H groups in total. The highest BCUT2D eigenvalue weighted by Crippen LogP contribution is 2.18. The number of nitrogens with two attached hydrogens (primary N) is 1. The van der Waals surface area contributed by atoms with E-state index in [0.29, 0.717) is 0 Å². The van der Waals surface area contributed by atoms with Gasteiger partial charge >= 0.3 is 0 Å². The molecular formula is C14H15N5. The van der Waals surface area contributed by atoms with Crippen molar-refractivity contribution in [2.75, 3.05) is 0 Å². The SMILES string of the molecule is NC(c1ccccc1)c1ccccc1.c1nnn[nH]1. The number of benzene rings is 2. The number of rotatable bonds is 2. The second-order valence-electron chi connectivity index (χ2n) is 3.86. The van der Waals surface area contributed by atoms with E-state index in [4.69, 9.17) is 5.73 Å². The van der Waals surface area contributed by atoms with E-state index in [1.807, 2.05) is 36.4 Å². The zero-order valence-electron chi connectivity index (χ0n) is 10.3. The molecule has 96 valence electrons. The molecule has 0 aliphatic carbocycles. The van der Waals surface area contributed by atoms with E-state index in [1.165, 1.54) is 6.33 Å². The van der Waals surface area contributed by atoms with Crippen LogP contribution in [0.4, 0.5) is 0 Å². The molecule has 1 aromatic heterocycles. The van der Waals surface area contributed by atoms with Crippen LogP contribution < -0.4 is 5.73 Å². The normalized spacial score (nSPS) is 9.79. The largest absolute Gasteiger partial charge is 0.320 e. The fourth-order valence-electron chi connectivity index (χ4n) is 1.64. The Morgan fingerprint density at radius 3 is 1.68 bits per heavy atom. The number of hydrogen-bond acceptors (Lipinski definition) is 4. The number of tetrazole rings is 1. The van der Waals surface area contributed by atoms with E-state index in [1.54, 1.807) is 0 Å². The Morgan fingerprint density at radius 1 is 0.842 bits per heavy atom. The first-order chi connectivity index (χ1) is 9.38. The van der Waals surface area contributed by atoms with Crippen molar-refractivity contribution in [3.05, 3.63) is 78.1 Å². The molecule has 0 atom stereocenters. The molecule has 3 aromatic rings. The predicted molar refractivity (Wildman–Crippen MR) is 73.1 cm³/mol. The van der Waals surface area contributed by atoms with Gasteiger partial charge in [-0.05, 0) is 21.6 Å². The van der Waals surface area contributed by atoms with Crippen molar-refractivity contribution in [1.82, 2.24) is 20.6 Å². The lowest BCUT2D eigenvalue weighted by atomic mass is 10.00. The number of nitrogens with zero attached hydrogens (tertiary/aromatic N) is 3. The quantitative estimate of drug-likeness (QED) is 0.731. The summed E-state index contributed by atoms with van der Waals surface area (Å²) in [6.45, 7) is 0. The first kappa shape index (κ1) is 12.9. The van der Waals surface area contributed by atoms with E-state index >= 15 is 0 Å². The summed E-state index contributed by atoms with van der Waals surface area (Å²) in [6.07, 6.45) is 1.40. The Hall–Kier alpha value is -2.53. The molecule has 5 heteroatoms. The van der Waals surface area contributed by atoms with Crippen molar-refractivity contribution in [2.45, 2.75) is 6.04 Å². The van der Waals surface area contributed by atoms with Gasteiger partial charge in [0.25, 0.3) is 0 Å². The molecule has 0 saturated heterocycles. The summed E-state index contributed by atoms with van der Waals surface area (Å²) in [5.41, 5.74) is 8.42. The van der Waals surface area contributed by atoms with Gasteiger partial charge in [-0.2, -0.15) is 0 Å². The molecule has 2 aromatic carbocycles. The molecule has 0 spiro atoms. The molecule has 0 fully saturated rings. The minimum Gasteiger partial charge on any atom is -0.320 e. The second-order valence-corrected chi connectivity index (χ2v) is 3.86. The average molecular weight is 253 g/mol. The Morgan fingerprint density at radius 2 is 1.37 bits per heavy atom. The molecule has 0 aliphatic rings. The van der Waals surface area contributed by atoms with Crippen molar-refractivity contribution >= 4 is 0 Å². The van der Waals surface area contributed by atoms with Gasteiger partial charge in [-0.1, -0.05) is 60.7 Å². The lowest BCUT2D eigenvalue weighted by Gasteiger charge is -2.11.